The van der Waals surface area contributed by atoms with Crippen molar-refractivity contribution in [2.24, 2.45) is 5.92 Å². The fourth-order valence-electron chi connectivity index (χ4n) is 1.74. The lowest BCUT2D eigenvalue weighted by Crippen LogP contribution is -1.85. The Labute approximate surface area is 116 Å². The highest BCUT2D eigenvalue weighted by Gasteiger charge is 1.92. The zero-order valence-corrected chi connectivity index (χ0v) is 13.7. The fourth-order valence-corrected chi connectivity index (χ4v) is 1.74. The third-order valence-corrected chi connectivity index (χ3v) is 2.65. The maximum Gasteiger partial charge on any atom is -0.0279 e. The molecule has 0 N–H and O–H groups in total. The molecule has 0 bridgehead atoms. The molecule has 0 aliphatic rings. The molecule has 0 aromatic heterocycles. The molecule has 0 nitrogen and oxygen atoms in total. The van der Waals surface area contributed by atoms with E-state index < -0.39 is 0 Å². The van der Waals surface area contributed by atoms with Crippen molar-refractivity contribution in [1.29, 1.82) is 0 Å². The van der Waals surface area contributed by atoms with Gasteiger partial charge in [-0.15, -0.1) is 0 Å². The van der Waals surface area contributed by atoms with Gasteiger partial charge in [0.2, 0.25) is 0 Å². The minimum atomic E-state index is 0.898. The van der Waals surface area contributed by atoms with Crippen molar-refractivity contribution in [3.05, 3.63) is 35.4 Å². The van der Waals surface area contributed by atoms with E-state index in [9.17, 15) is 0 Å². The van der Waals surface area contributed by atoms with Crippen LogP contribution < -0.4 is 0 Å². The topological polar surface area (TPSA) is 0 Å². The average Bonchev–Trinajstić information content (AvgIpc) is 2.35. The first kappa shape index (κ1) is 19.6. The number of rotatable bonds is 4. The van der Waals surface area contributed by atoms with Crippen LogP contribution in [0.1, 0.15) is 71.9 Å². The Kier molecular flexibility index (Phi) is 15.5. The zero-order chi connectivity index (χ0) is 14.4. The molecule has 0 saturated carbocycles. The van der Waals surface area contributed by atoms with Gasteiger partial charge in [0.25, 0.3) is 0 Å². The van der Waals surface area contributed by atoms with E-state index in [1.54, 1.807) is 0 Å². The first-order valence-electron chi connectivity index (χ1n) is 7.66. The van der Waals surface area contributed by atoms with Crippen LogP contribution in [0.3, 0.4) is 0 Å². The second-order valence-electron chi connectivity index (χ2n) is 4.86. The van der Waals surface area contributed by atoms with Gasteiger partial charge < -0.3 is 0 Å². The van der Waals surface area contributed by atoms with Crippen molar-refractivity contribution >= 4 is 0 Å². The second kappa shape index (κ2) is 14.3. The minimum Gasteiger partial charge on any atom is -0.0683 e. The van der Waals surface area contributed by atoms with Crippen LogP contribution in [0.15, 0.2) is 24.3 Å². The molecular weight excluding hydrogens is 216 g/mol. The quantitative estimate of drug-likeness (QED) is 0.578. The van der Waals surface area contributed by atoms with Crippen LogP contribution in [0.25, 0.3) is 0 Å². The summed E-state index contributed by atoms with van der Waals surface area (Å²) in [5.74, 6) is 0.898. The number of hydrogen-bond donors (Lipinski definition) is 0. The Morgan fingerprint density at radius 3 is 1.83 bits per heavy atom. The summed E-state index contributed by atoms with van der Waals surface area (Å²) >= 11 is 0. The molecule has 0 heteroatoms. The highest BCUT2D eigenvalue weighted by Crippen LogP contribution is 2.08. The van der Waals surface area contributed by atoms with Gasteiger partial charge in [-0.2, -0.15) is 0 Å². The normalized spacial score (nSPS) is 9.11. The Bertz CT molecular complexity index is 260. The van der Waals surface area contributed by atoms with E-state index in [0.29, 0.717) is 0 Å². The Morgan fingerprint density at radius 2 is 1.50 bits per heavy atom. The first-order valence-corrected chi connectivity index (χ1v) is 7.66. The number of benzene rings is 1. The molecule has 0 saturated heterocycles. The third-order valence-electron chi connectivity index (χ3n) is 2.65. The van der Waals surface area contributed by atoms with Gasteiger partial charge in [0.05, 0.1) is 0 Å². The first-order chi connectivity index (χ1) is 8.61. The van der Waals surface area contributed by atoms with Gasteiger partial charge in [0, 0.05) is 0 Å². The smallest absolute Gasteiger partial charge is 0.0279 e. The van der Waals surface area contributed by atoms with E-state index in [0.717, 1.165) is 5.92 Å². The molecular formula is C18H34. The van der Waals surface area contributed by atoms with Gasteiger partial charge in [-0.05, 0) is 30.4 Å². The molecule has 0 aliphatic carbocycles. The van der Waals surface area contributed by atoms with Crippen molar-refractivity contribution in [2.45, 2.75) is 74.1 Å². The predicted molar refractivity (Wildman–Crippen MR) is 86.3 cm³/mol. The lowest BCUT2D eigenvalue weighted by atomic mass is 10.1. The van der Waals surface area contributed by atoms with E-state index in [1.165, 1.54) is 36.8 Å². The standard InChI is InChI=1S/C10H14.C6H14.C2H6/c1-3-6-10-8-5-4-7-9(10)2;1-4-5-6(2)3;1-2/h4-5,7-8H,3,6H2,1-2H3;6H,4-5H2,1-3H3;1-2H3. The molecule has 0 aliphatic heterocycles. The Hall–Kier alpha value is -0.780. The summed E-state index contributed by atoms with van der Waals surface area (Å²) in [4.78, 5) is 0. The maximum atomic E-state index is 2.25. The van der Waals surface area contributed by atoms with Crippen LogP contribution in [0.5, 0.6) is 0 Å². The maximum absolute atomic E-state index is 2.25. The lowest BCUT2D eigenvalue weighted by molar-refractivity contribution is 0.576. The summed E-state index contributed by atoms with van der Waals surface area (Å²) < 4.78 is 0. The fraction of sp³-hybridized carbons (Fsp3) is 0.667. The summed E-state index contributed by atoms with van der Waals surface area (Å²) in [5, 5.41) is 0. The average molecular weight is 250 g/mol. The molecule has 0 amide bonds. The molecule has 0 fully saturated rings. The summed E-state index contributed by atoms with van der Waals surface area (Å²) in [6.45, 7) is 15.1. The van der Waals surface area contributed by atoms with Crippen molar-refractivity contribution in [3.8, 4) is 0 Å². The largest absolute Gasteiger partial charge is 0.0683 e. The molecule has 0 spiro atoms. The number of aryl methyl sites for hydroxylation is 2. The monoisotopic (exact) mass is 250 g/mol. The predicted octanol–water partition coefficient (Wildman–Crippen LogP) is 6.42. The molecule has 0 heterocycles. The van der Waals surface area contributed by atoms with E-state index >= 15 is 0 Å². The molecule has 0 unspecified atom stereocenters. The summed E-state index contributed by atoms with van der Waals surface area (Å²) in [7, 11) is 0. The minimum absolute atomic E-state index is 0.898. The molecule has 106 valence electrons. The van der Waals surface area contributed by atoms with Crippen molar-refractivity contribution in [1.82, 2.24) is 0 Å². The summed E-state index contributed by atoms with van der Waals surface area (Å²) in [6.07, 6.45) is 5.16. The van der Waals surface area contributed by atoms with E-state index in [-0.39, 0.29) is 0 Å². The van der Waals surface area contributed by atoms with Crippen LogP contribution in [-0.2, 0) is 6.42 Å². The Morgan fingerprint density at radius 1 is 0.944 bits per heavy atom. The molecule has 18 heavy (non-hydrogen) atoms. The summed E-state index contributed by atoms with van der Waals surface area (Å²) in [5.41, 5.74) is 2.91. The SMILES string of the molecule is CC.CCCC(C)C.CCCc1ccccc1C. The van der Waals surface area contributed by atoms with Crippen molar-refractivity contribution < 1.29 is 0 Å². The van der Waals surface area contributed by atoms with Crippen LogP contribution in [0.4, 0.5) is 0 Å². The van der Waals surface area contributed by atoms with E-state index in [1.807, 2.05) is 13.8 Å². The van der Waals surface area contributed by atoms with E-state index in [2.05, 4.69) is 58.9 Å². The molecule has 0 radical (unpaired) electrons. The lowest BCUT2D eigenvalue weighted by Gasteiger charge is -2.01. The van der Waals surface area contributed by atoms with Gasteiger partial charge in [-0.3, -0.25) is 0 Å². The van der Waals surface area contributed by atoms with Crippen LogP contribution >= 0.6 is 0 Å². The summed E-state index contributed by atoms with van der Waals surface area (Å²) in [6, 6.07) is 8.58. The van der Waals surface area contributed by atoms with Crippen LogP contribution in [-0.4, -0.2) is 0 Å². The zero-order valence-electron chi connectivity index (χ0n) is 13.7. The molecule has 1 rings (SSSR count). The highest BCUT2D eigenvalue weighted by molar-refractivity contribution is 5.25. The van der Waals surface area contributed by atoms with Gasteiger partial charge >= 0.3 is 0 Å². The van der Waals surface area contributed by atoms with Gasteiger partial charge in [-0.1, -0.05) is 85.1 Å². The van der Waals surface area contributed by atoms with Gasteiger partial charge in [0.1, 0.15) is 0 Å². The van der Waals surface area contributed by atoms with Crippen LogP contribution in [0, 0.1) is 12.8 Å². The van der Waals surface area contributed by atoms with Crippen LogP contribution in [0.2, 0.25) is 0 Å². The highest BCUT2D eigenvalue weighted by atomic mass is 14.0. The molecule has 1 aromatic rings. The molecule has 1 aromatic carbocycles. The van der Waals surface area contributed by atoms with Crippen molar-refractivity contribution in [3.63, 3.8) is 0 Å². The van der Waals surface area contributed by atoms with Gasteiger partial charge in [-0.25, -0.2) is 0 Å². The second-order valence-corrected chi connectivity index (χ2v) is 4.86. The van der Waals surface area contributed by atoms with E-state index in [4.69, 9.17) is 0 Å². The van der Waals surface area contributed by atoms with Crippen molar-refractivity contribution in [2.75, 3.05) is 0 Å². The Balaban J connectivity index is 0. The molecule has 0 atom stereocenters. The third kappa shape index (κ3) is 11.7. The number of hydrogen-bond acceptors (Lipinski definition) is 0. The van der Waals surface area contributed by atoms with Gasteiger partial charge in [0.15, 0.2) is 0 Å².